The summed E-state index contributed by atoms with van der Waals surface area (Å²) in [5, 5.41) is 47.5. The van der Waals surface area contributed by atoms with E-state index in [1.165, 1.54) is 6.21 Å². The Morgan fingerprint density at radius 2 is 1.95 bits per heavy atom. The van der Waals surface area contributed by atoms with Gasteiger partial charge < -0.3 is 40.0 Å². The standard InChI is InChI=1S/C11H20INO7/c1-13-2-5(10(12)18)4-19-11-9(17)8(16)7(15)6(3-14)20-11/h2,5-11,14-18H,3-4H2,1H3/t5?,6?,7-,8?,9?,10+,11-/m1/s1. The van der Waals surface area contributed by atoms with E-state index in [0.717, 1.165) is 0 Å². The Balaban J connectivity index is 2.61. The van der Waals surface area contributed by atoms with Crippen molar-refractivity contribution in [1.82, 2.24) is 0 Å². The summed E-state index contributed by atoms with van der Waals surface area (Å²) in [7, 11) is 1.56. The normalized spacial score (nSPS) is 38.0. The Hall–Kier alpha value is 0.120. The highest BCUT2D eigenvalue weighted by molar-refractivity contribution is 14.1. The van der Waals surface area contributed by atoms with E-state index in [1.807, 2.05) is 0 Å². The van der Waals surface area contributed by atoms with E-state index in [4.69, 9.17) is 14.6 Å². The summed E-state index contributed by atoms with van der Waals surface area (Å²) in [6.45, 7) is -0.510. The maximum atomic E-state index is 9.76. The summed E-state index contributed by atoms with van der Waals surface area (Å²) in [6, 6.07) is 0. The number of hydrogen-bond donors (Lipinski definition) is 5. The molecule has 1 rings (SSSR count). The lowest BCUT2D eigenvalue weighted by atomic mass is 9.99. The van der Waals surface area contributed by atoms with Gasteiger partial charge in [0.15, 0.2) is 6.29 Å². The van der Waals surface area contributed by atoms with Crippen molar-refractivity contribution in [2.45, 2.75) is 34.8 Å². The monoisotopic (exact) mass is 405 g/mol. The zero-order valence-electron chi connectivity index (χ0n) is 10.9. The molecule has 9 heteroatoms. The first kappa shape index (κ1) is 18.2. The SMILES string of the molecule is CN=CC(CO[C@@H]1OC(CO)[C@@H](O)C(O)C1O)[C@H](O)I. The van der Waals surface area contributed by atoms with Gasteiger partial charge in [-0.3, -0.25) is 0 Å². The molecule has 0 aromatic rings. The zero-order chi connectivity index (χ0) is 15.3. The molecule has 0 aromatic heterocycles. The number of ether oxygens (including phenoxy) is 2. The van der Waals surface area contributed by atoms with Gasteiger partial charge in [-0.15, -0.1) is 0 Å². The van der Waals surface area contributed by atoms with Crippen molar-refractivity contribution in [2.24, 2.45) is 10.9 Å². The Labute approximate surface area is 130 Å². The van der Waals surface area contributed by atoms with Crippen molar-refractivity contribution < 1.29 is 35.0 Å². The zero-order valence-corrected chi connectivity index (χ0v) is 13.1. The molecule has 0 bridgehead atoms. The van der Waals surface area contributed by atoms with E-state index in [2.05, 4.69) is 4.99 Å². The van der Waals surface area contributed by atoms with Crippen LogP contribution in [0, 0.1) is 5.92 Å². The third-order valence-electron chi connectivity index (χ3n) is 3.00. The average molecular weight is 405 g/mol. The molecule has 0 radical (unpaired) electrons. The van der Waals surface area contributed by atoms with Crippen LogP contribution in [0.2, 0.25) is 0 Å². The molecular formula is C11H20INO7. The second kappa shape index (κ2) is 8.54. The second-order valence-corrected chi connectivity index (χ2v) is 5.75. The average Bonchev–Trinajstić information content (AvgIpc) is 2.42. The van der Waals surface area contributed by atoms with Crippen molar-refractivity contribution in [2.75, 3.05) is 20.3 Å². The van der Waals surface area contributed by atoms with Crippen LogP contribution in [-0.4, -0.2) is 86.8 Å². The highest BCUT2D eigenvalue weighted by Crippen LogP contribution is 2.23. The van der Waals surface area contributed by atoms with Crippen LogP contribution in [0.3, 0.4) is 0 Å². The molecule has 1 aliphatic rings. The van der Waals surface area contributed by atoms with Crippen molar-refractivity contribution in [1.29, 1.82) is 0 Å². The third kappa shape index (κ3) is 4.56. The van der Waals surface area contributed by atoms with Crippen LogP contribution in [0.1, 0.15) is 0 Å². The molecule has 1 aliphatic heterocycles. The van der Waals surface area contributed by atoms with Gasteiger partial charge in [-0.2, -0.15) is 0 Å². The Bertz CT molecular complexity index is 315. The molecule has 1 fully saturated rings. The lowest BCUT2D eigenvalue weighted by molar-refractivity contribution is -0.302. The van der Waals surface area contributed by atoms with Crippen LogP contribution in [-0.2, 0) is 9.47 Å². The second-order valence-electron chi connectivity index (χ2n) is 4.47. The third-order valence-corrected chi connectivity index (χ3v) is 3.92. The molecule has 0 spiro atoms. The van der Waals surface area contributed by atoms with Gasteiger partial charge in [0.2, 0.25) is 0 Å². The lowest BCUT2D eigenvalue weighted by Gasteiger charge is -2.39. The number of aliphatic imine (C=N–C) groups is 1. The van der Waals surface area contributed by atoms with Gasteiger partial charge >= 0.3 is 0 Å². The topological polar surface area (TPSA) is 132 Å². The van der Waals surface area contributed by atoms with E-state index in [9.17, 15) is 20.4 Å². The molecule has 0 aromatic carbocycles. The minimum Gasteiger partial charge on any atom is -0.394 e. The summed E-state index contributed by atoms with van der Waals surface area (Å²) >= 11 is 1.80. The number of hydrogen-bond acceptors (Lipinski definition) is 8. The summed E-state index contributed by atoms with van der Waals surface area (Å²) < 4.78 is 9.75. The van der Waals surface area contributed by atoms with Gasteiger partial charge in [0.1, 0.15) is 28.5 Å². The lowest BCUT2D eigenvalue weighted by Crippen LogP contribution is -2.59. The molecule has 4 unspecified atom stereocenters. The molecule has 20 heavy (non-hydrogen) atoms. The van der Waals surface area contributed by atoms with Crippen molar-refractivity contribution in [3.63, 3.8) is 0 Å². The molecule has 7 atom stereocenters. The fourth-order valence-corrected chi connectivity index (χ4v) is 2.19. The molecule has 0 saturated carbocycles. The summed E-state index contributed by atoms with van der Waals surface area (Å²) in [6.07, 6.45) is -5.05. The van der Waals surface area contributed by atoms with E-state index in [0.29, 0.717) is 0 Å². The maximum Gasteiger partial charge on any atom is 0.186 e. The minimum atomic E-state index is -1.48. The van der Waals surface area contributed by atoms with Crippen molar-refractivity contribution in [3.05, 3.63) is 0 Å². The highest BCUT2D eigenvalue weighted by Gasteiger charge is 2.44. The van der Waals surface area contributed by atoms with Gasteiger partial charge in [-0.05, 0) is 0 Å². The fourth-order valence-electron chi connectivity index (χ4n) is 1.80. The quantitative estimate of drug-likeness (QED) is 0.194. The largest absolute Gasteiger partial charge is 0.394 e. The molecule has 1 heterocycles. The Kier molecular flexibility index (Phi) is 7.75. The van der Waals surface area contributed by atoms with Gasteiger partial charge in [-0.25, -0.2) is 0 Å². The van der Waals surface area contributed by atoms with Crippen LogP contribution in [0.4, 0.5) is 0 Å². The number of nitrogens with zero attached hydrogens (tertiary/aromatic N) is 1. The number of alkyl halides is 1. The van der Waals surface area contributed by atoms with Crippen LogP contribution in [0.15, 0.2) is 4.99 Å². The number of halogens is 1. The minimum absolute atomic E-state index is 0.00410. The molecule has 118 valence electrons. The van der Waals surface area contributed by atoms with Crippen LogP contribution >= 0.6 is 22.6 Å². The predicted molar refractivity (Wildman–Crippen MR) is 77.7 cm³/mol. The van der Waals surface area contributed by atoms with Crippen LogP contribution in [0.25, 0.3) is 0 Å². The first-order valence-electron chi connectivity index (χ1n) is 6.08. The Morgan fingerprint density at radius 3 is 2.45 bits per heavy atom. The molecule has 5 N–H and O–H groups in total. The van der Waals surface area contributed by atoms with E-state index in [-0.39, 0.29) is 6.61 Å². The number of rotatable bonds is 6. The van der Waals surface area contributed by atoms with Gasteiger partial charge in [0.25, 0.3) is 0 Å². The molecule has 0 aliphatic carbocycles. The van der Waals surface area contributed by atoms with Gasteiger partial charge in [0, 0.05) is 13.3 Å². The highest BCUT2D eigenvalue weighted by atomic mass is 127. The predicted octanol–water partition coefficient (Wildman–Crippen LogP) is -2.13. The summed E-state index contributed by atoms with van der Waals surface area (Å²) in [5.41, 5.74) is 0. The first-order chi connectivity index (χ1) is 9.42. The molecular weight excluding hydrogens is 385 g/mol. The molecule has 8 nitrogen and oxygen atoms in total. The fraction of sp³-hybridized carbons (Fsp3) is 0.909. The Morgan fingerprint density at radius 1 is 1.30 bits per heavy atom. The smallest absolute Gasteiger partial charge is 0.186 e. The molecule has 0 amide bonds. The van der Waals surface area contributed by atoms with E-state index < -0.39 is 47.3 Å². The summed E-state index contributed by atoms with van der Waals surface area (Å²) in [4.78, 5) is 3.80. The first-order valence-corrected chi connectivity index (χ1v) is 7.33. The number of aliphatic hydroxyl groups is 5. The molecule has 1 saturated heterocycles. The van der Waals surface area contributed by atoms with Gasteiger partial charge in [0.05, 0.1) is 19.1 Å². The maximum absolute atomic E-state index is 9.76. The number of aliphatic hydroxyl groups excluding tert-OH is 5. The van der Waals surface area contributed by atoms with E-state index in [1.54, 1.807) is 29.6 Å². The van der Waals surface area contributed by atoms with Gasteiger partial charge in [-0.1, -0.05) is 22.6 Å². The summed E-state index contributed by atoms with van der Waals surface area (Å²) in [5.74, 6) is -0.409. The van der Waals surface area contributed by atoms with Crippen LogP contribution < -0.4 is 0 Å². The van der Waals surface area contributed by atoms with Crippen molar-refractivity contribution in [3.8, 4) is 0 Å². The van der Waals surface area contributed by atoms with Crippen LogP contribution in [0.5, 0.6) is 0 Å². The van der Waals surface area contributed by atoms with E-state index >= 15 is 0 Å². The van der Waals surface area contributed by atoms with Crippen molar-refractivity contribution >= 4 is 28.8 Å².